The first kappa shape index (κ1) is 32.4. The van der Waals surface area contributed by atoms with Crippen molar-refractivity contribution in [3.8, 4) is 0 Å². The van der Waals surface area contributed by atoms with Gasteiger partial charge in [0.05, 0.1) is 33.0 Å². The fourth-order valence-corrected chi connectivity index (χ4v) is 3.63. The van der Waals surface area contributed by atoms with Gasteiger partial charge < -0.3 is 18.9 Å². The highest BCUT2D eigenvalue weighted by atomic mass is 16.5. The van der Waals surface area contributed by atoms with E-state index in [0.29, 0.717) is 58.4 Å². The third kappa shape index (κ3) is 29.3. The van der Waals surface area contributed by atoms with Gasteiger partial charge in [0.15, 0.2) is 0 Å². The van der Waals surface area contributed by atoms with E-state index in [1.165, 1.54) is 77.0 Å². The van der Waals surface area contributed by atoms with Crippen molar-refractivity contribution < 1.29 is 23.7 Å². The first-order valence-electron chi connectivity index (χ1n) is 14.1. The third-order valence-electron chi connectivity index (χ3n) is 5.63. The molecule has 0 N–H and O–H groups in total. The summed E-state index contributed by atoms with van der Waals surface area (Å²) in [7, 11) is 0. The smallest absolute Gasteiger partial charge is 0.305 e. The predicted molar refractivity (Wildman–Crippen MR) is 138 cm³/mol. The molecule has 0 aliphatic heterocycles. The average molecular weight is 473 g/mol. The summed E-state index contributed by atoms with van der Waals surface area (Å²) >= 11 is 0. The minimum atomic E-state index is -0.105. The highest BCUT2D eigenvalue weighted by Gasteiger charge is 2.03. The highest BCUT2D eigenvalue weighted by molar-refractivity contribution is 5.69. The average Bonchev–Trinajstić information content (AvgIpc) is 2.79. The van der Waals surface area contributed by atoms with E-state index in [1.54, 1.807) is 0 Å². The molecule has 0 saturated heterocycles. The molecule has 5 heteroatoms. The van der Waals surface area contributed by atoms with E-state index in [4.69, 9.17) is 18.9 Å². The van der Waals surface area contributed by atoms with Crippen molar-refractivity contribution in [1.29, 1.82) is 0 Å². The minimum Gasteiger partial charge on any atom is -0.466 e. The number of ether oxygens (including phenoxy) is 4. The summed E-state index contributed by atoms with van der Waals surface area (Å²) in [4.78, 5) is 11.7. The molecule has 0 amide bonds. The maximum atomic E-state index is 11.7. The number of carbonyl (C=O) groups is 1. The van der Waals surface area contributed by atoms with Crippen LogP contribution in [0.15, 0.2) is 0 Å². The highest BCUT2D eigenvalue weighted by Crippen LogP contribution is 2.13. The molecular formula is C28H56O5. The van der Waals surface area contributed by atoms with E-state index in [-0.39, 0.29) is 5.97 Å². The molecule has 0 bridgehead atoms. The van der Waals surface area contributed by atoms with Crippen molar-refractivity contribution in [3.63, 3.8) is 0 Å². The molecule has 0 rings (SSSR count). The molecule has 33 heavy (non-hydrogen) atoms. The van der Waals surface area contributed by atoms with Crippen LogP contribution in [-0.2, 0) is 23.7 Å². The van der Waals surface area contributed by atoms with Crippen molar-refractivity contribution in [3.05, 3.63) is 0 Å². The van der Waals surface area contributed by atoms with E-state index in [0.717, 1.165) is 19.4 Å². The van der Waals surface area contributed by atoms with Crippen LogP contribution in [0, 0.1) is 5.92 Å². The van der Waals surface area contributed by atoms with E-state index < -0.39 is 0 Å². The van der Waals surface area contributed by atoms with Gasteiger partial charge in [-0.3, -0.25) is 4.79 Å². The van der Waals surface area contributed by atoms with Crippen LogP contribution in [0.2, 0.25) is 0 Å². The normalized spacial score (nSPS) is 11.4. The van der Waals surface area contributed by atoms with Crippen LogP contribution in [0.25, 0.3) is 0 Å². The Morgan fingerprint density at radius 3 is 1.52 bits per heavy atom. The maximum Gasteiger partial charge on any atom is 0.305 e. The van der Waals surface area contributed by atoms with Gasteiger partial charge in [0, 0.05) is 19.6 Å². The number of unbranched alkanes of at least 4 members (excludes halogenated alkanes) is 13. The maximum absolute atomic E-state index is 11.7. The summed E-state index contributed by atoms with van der Waals surface area (Å²) in [6.45, 7) is 10.8. The van der Waals surface area contributed by atoms with Gasteiger partial charge in [0.25, 0.3) is 0 Å². The van der Waals surface area contributed by atoms with Crippen molar-refractivity contribution in [1.82, 2.24) is 0 Å². The lowest BCUT2D eigenvalue weighted by Gasteiger charge is -2.08. The van der Waals surface area contributed by atoms with Gasteiger partial charge in [-0.1, -0.05) is 104 Å². The third-order valence-corrected chi connectivity index (χ3v) is 5.63. The van der Waals surface area contributed by atoms with Crippen molar-refractivity contribution >= 4 is 5.97 Å². The standard InChI is InChI=1S/C28H56O5/c1-4-5-6-7-8-9-10-11-12-13-14-15-16-17-21-33-28(29)19-18-20-30-22-23-31-24-25-32-26-27(2)3/h27H,4-26H2,1-3H3. The Bertz CT molecular complexity index is 386. The molecular weight excluding hydrogens is 416 g/mol. The summed E-state index contributed by atoms with van der Waals surface area (Å²) < 4.78 is 21.7. The van der Waals surface area contributed by atoms with Gasteiger partial charge in [-0.2, -0.15) is 0 Å². The number of esters is 1. The number of hydrogen-bond acceptors (Lipinski definition) is 5. The Hall–Kier alpha value is -0.650. The Morgan fingerprint density at radius 2 is 1.00 bits per heavy atom. The van der Waals surface area contributed by atoms with Crippen LogP contribution < -0.4 is 0 Å². The molecule has 0 spiro atoms. The molecule has 198 valence electrons. The second-order valence-corrected chi connectivity index (χ2v) is 9.61. The molecule has 5 nitrogen and oxygen atoms in total. The van der Waals surface area contributed by atoms with Crippen LogP contribution in [0.5, 0.6) is 0 Å². The van der Waals surface area contributed by atoms with Crippen molar-refractivity contribution in [2.75, 3.05) is 46.2 Å². The van der Waals surface area contributed by atoms with Crippen molar-refractivity contribution in [2.24, 2.45) is 5.92 Å². The molecule has 0 aromatic heterocycles. The monoisotopic (exact) mass is 472 g/mol. The zero-order chi connectivity index (χ0) is 24.2. The second-order valence-electron chi connectivity index (χ2n) is 9.61. The first-order valence-corrected chi connectivity index (χ1v) is 14.1. The molecule has 0 saturated carbocycles. The zero-order valence-electron chi connectivity index (χ0n) is 22.4. The van der Waals surface area contributed by atoms with E-state index in [1.807, 2.05) is 0 Å². The molecule has 0 heterocycles. The van der Waals surface area contributed by atoms with E-state index >= 15 is 0 Å². The second kappa shape index (κ2) is 27.6. The topological polar surface area (TPSA) is 54.0 Å². The lowest BCUT2D eigenvalue weighted by Crippen LogP contribution is -2.12. The number of rotatable bonds is 27. The SMILES string of the molecule is CCCCCCCCCCCCCCCCOC(=O)CCCOCCOCCOCC(C)C. The molecule has 0 fully saturated rings. The van der Waals surface area contributed by atoms with Gasteiger partial charge >= 0.3 is 5.97 Å². The summed E-state index contributed by atoms with van der Waals surface area (Å²) in [6.07, 6.45) is 19.8. The molecule has 0 unspecified atom stereocenters. The largest absolute Gasteiger partial charge is 0.466 e. The lowest BCUT2D eigenvalue weighted by molar-refractivity contribution is -0.144. The minimum absolute atomic E-state index is 0.105. The van der Waals surface area contributed by atoms with E-state index in [9.17, 15) is 4.79 Å². The van der Waals surface area contributed by atoms with Gasteiger partial charge in [0.2, 0.25) is 0 Å². The zero-order valence-corrected chi connectivity index (χ0v) is 22.4. The van der Waals surface area contributed by atoms with Crippen LogP contribution in [0.3, 0.4) is 0 Å². The summed E-state index contributed by atoms with van der Waals surface area (Å²) in [5.74, 6) is 0.450. The molecule has 0 aromatic carbocycles. The Morgan fingerprint density at radius 1 is 0.545 bits per heavy atom. The van der Waals surface area contributed by atoms with Crippen LogP contribution >= 0.6 is 0 Å². The van der Waals surface area contributed by atoms with Gasteiger partial charge in [-0.25, -0.2) is 0 Å². The molecule has 0 aliphatic rings. The number of carbonyl (C=O) groups excluding carboxylic acids is 1. The fourth-order valence-electron chi connectivity index (χ4n) is 3.63. The predicted octanol–water partition coefficient (Wildman–Crippen LogP) is 7.50. The van der Waals surface area contributed by atoms with Gasteiger partial charge in [-0.05, 0) is 18.8 Å². The van der Waals surface area contributed by atoms with Crippen LogP contribution in [0.4, 0.5) is 0 Å². The van der Waals surface area contributed by atoms with Crippen LogP contribution in [-0.4, -0.2) is 52.2 Å². The Labute approximate surface area is 205 Å². The molecule has 0 aromatic rings. The van der Waals surface area contributed by atoms with Gasteiger partial charge in [-0.15, -0.1) is 0 Å². The number of hydrogen-bond donors (Lipinski definition) is 0. The molecule has 0 radical (unpaired) electrons. The fraction of sp³-hybridized carbons (Fsp3) is 0.964. The summed E-state index contributed by atoms with van der Waals surface area (Å²) in [5.41, 5.74) is 0. The lowest BCUT2D eigenvalue weighted by atomic mass is 10.0. The summed E-state index contributed by atoms with van der Waals surface area (Å²) in [6, 6.07) is 0. The van der Waals surface area contributed by atoms with E-state index in [2.05, 4.69) is 20.8 Å². The van der Waals surface area contributed by atoms with Crippen molar-refractivity contribution in [2.45, 2.75) is 124 Å². The van der Waals surface area contributed by atoms with Gasteiger partial charge in [0.1, 0.15) is 0 Å². The summed E-state index contributed by atoms with van der Waals surface area (Å²) in [5, 5.41) is 0. The van der Waals surface area contributed by atoms with Crippen LogP contribution in [0.1, 0.15) is 124 Å². The molecule has 0 atom stereocenters. The Balaban J connectivity index is 3.15. The quantitative estimate of drug-likeness (QED) is 0.0915. The first-order chi connectivity index (χ1) is 16.2. The molecule has 0 aliphatic carbocycles. The Kier molecular flexibility index (Phi) is 27.0.